The highest BCUT2D eigenvalue weighted by Crippen LogP contribution is 2.38. The molecule has 8 nitrogen and oxygen atoms in total. The second-order valence-electron chi connectivity index (χ2n) is 9.94. The van der Waals surface area contributed by atoms with Gasteiger partial charge in [0.05, 0.1) is 6.61 Å². The number of urea groups is 1. The highest BCUT2D eigenvalue weighted by molar-refractivity contribution is 5.89. The Morgan fingerprint density at radius 3 is 2.18 bits per heavy atom. The summed E-state index contributed by atoms with van der Waals surface area (Å²) in [5.74, 6) is -0.997. The van der Waals surface area contributed by atoms with Crippen molar-refractivity contribution in [1.29, 1.82) is 0 Å². The second-order valence-corrected chi connectivity index (χ2v) is 9.94. The van der Waals surface area contributed by atoms with Gasteiger partial charge in [-0.3, -0.25) is 9.59 Å². The molecule has 0 radical (unpaired) electrons. The van der Waals surface area contributed by atoms with Crippen molar-refractivity contribution >= 4 is 23.5 Å². The standard InChI is InChI=1S/C31H36N4O4/c32-29(37)28(24-9-3-1-4-10-24)34-30(38)27-14-8-7-13-26(27)23-17-15-22(16-18-23)21-35(19-20-36)31(39)33-25-11-5-2-6-12-25/h1-6,9-12,15-18,26-28,36H,7-8,13-14,19-21H2,(H2,32,37)(H,33,39)(H,34,38). The van der Waals surface area contributed by atoms with Crippen LogP contribution in [0.5, 0.6) is 0 Å². The van der Waals surface area contributed by atoms with Crippen molar-refractivity contribution in [2.75, 3.05) is 18.5 Å². The monoisotopic (exact) mass is 528 g/mol. The number of nitrogens with two attached hydrogens (primary N) is 1. The van der Waals surface area contributed by atoms with Crippen LogP contribution in [0.2, 0.25) is 0 Å². The van der Waals surface area contributed by atoms with E-state index in [9.17, 15) is 19.5 Å². The molecular formula is C31H36N4O4. The number of nitrogens with zero attached hydrogens (tertiary/aromatic N) is 1. The first-order valence-corrected chi connectivity index (χ1v) is 13.4. The van der Waals surface area contributed by atoms with Gasteiger partial charge in [-0.1, -0.05) is 85.6 Å². The van der Waals surface area contributed by atoms with E-state index in [4.69, 9.17) is 5.73 Å². The van der Waals surface area contributed by atoms with Crippen LogP contribution in [0, 0.1) is 5.92 Å². The van der Waals surface area contributed by atoms with Gasteiger partial charge in [0.15, 0.2) is 0 Å². The van der Waals surface area contributed by atoms with Crippen molar-refractivity contribution in [2.45, 2.75) is 44.2 Å². The number of aliphatic hydroxyl groups is 1. The van der Waals surface area contributed by atoms with Gasteiger partial charge in [0.25, 0.3) is 0 Å². The molecule has 0 saturated heterocycles. The molecule has 0 spiro atoms. The summed E-state index contributed by atoms with van der Waals surface area (Å²) >= 11 is 0. The third kappa shape index (κ3) is 7.45. The van der Waals surface area contributed by atoms with Gasteiger partial charge in [0, 0.05) is 24.7 Å². The quantitative estimate of drug-likeness (QED) is 0.313. The average molecular weight is 529 g/mol. The Morgan fingerprint density at radius 1 is 0.897 bits per heavy atom. The minimum absolute atomic E-state index is 0.0204. The fourth-order valence-electron chi connectivity index (χ4n) is 5.24. The van der Waals surface area contributed by atoms with Gasteiger partial charge in [0.1, 0.15) is 6.04 Å². The Bertz CT molecular complexity index is 1230. The number of carbonyl (C=O) groups excluding carboxylic acids is 3. The second kappa shape index (κ2) is 13.6. The fraction of sp³-hybridized carbons (Fsp3) is 0.323. The fourth-order valence-corrected chi connectivity index (χ4v) is 5.24. The van der Waals surface area contributed by atoms with E-state index in [1.54, 1.807) is 17.0 Å². The van der Waals surface area contributed by atoms with Crippen molar-refractivity contribution in [1.82, 2.24) is 10.2 Å². The van der Waals surface area contributed by atoms with Crippen LogP contribution in [0.3, 0.4) is 0 Å². The van der Waals surface area contributed by atoms with Crippen molar-refractivity contribution in [2.24, 2.45) is 11.7 Å². The molecule has 1 saturated carbocycles. The number of hydrogen-bond acceptors (Lipinski definition) is 4. The number of para-hydroxylation sites is 1. The lowest BCUT2D eigenvalue weighted by Crippen LogP contribution is -2.42. The Kier molecular flexibility index (Phi) is 9.69. The van der Waals surface area contributed by atoms with Gasteiger partial charge in [-0.05, 0) is 47.6 Å². The molecule has 3 unspecified atom stereocenters. The Balaban J connectivity index is 1.44. The van der Waals surface area contributed by atoms with E-state index < -0.39 is 11.9 Å². The summed E-state index contributed by atoms with van der Waals surface area (Å²) in [6.45, 7) is 0.396. The normalized spacial score (nSPS) is 17.6. The number of hydrogen-bond donors (Lipinski definition) is 4. The minimum atomic E-state index is -0.872. The zero-order valence-corrected chi connectivity index (χ0v) is 22.0. The largest absolute Gasteiger partial charge is 0.395 e. The Labute approximate surface area is 229 Å². The number of primary amides is 1. The maximum Gasteiger partial charge on any atom is 0.322 e. The SMILES string of the molecule is NC(=O)C(NC(=O)C1CCCCC1c1ccc(CN(CCO)C(=O)Nc2ccccc2)cc1)c1ccccc1. The van der Waals surface area contributed by atoms with Crippen LogP contribution < -0.4 is 16.4 Å². The van der Waals surface area contributed by atoms with E-state index in [2.05, 4.69) is 10.6 Å². The smallest absolute Gasteiger partial charge is 0.322 e. The number of rotatable bonds is 10. The summed E-state index contributed by atoms with van der Waals surface area (Å²) < 4.78 is 0. The molecule has 39 heavy (non-hydrogen) atoms. The molecule has 3 aromatic rings. The van der Waals surface area contributed by atoms with Crippen molar-refractivity contribution < 1.29 is 19.5 Å². The van der Waals surface area contributed by atoms with Gasteiger partial charge in [-0.2, -0.15) is 0 Å². The Hall–Kier alpha value is -4.17. The molecule has 204 valence electrons. The molecule has 1 aliphatic carbocycles. The molecule has 3 atom stereocenters. The molecule has 0 aromatic heterocycles. The minimum Gasteiger partial charge on any atom is -0.395 e. The number of anilines is 1. The maximum atomic E-state index is 13.4. The Morgan fingerprint density at radius 2 is 1.54 bits per heavy atom. The van der Waals surface area contributed by atoms with Crippen LogP contribution in [0.25, 0.3) is 0 Å². The zero-order valence-electron chi connectivity index (χ0n) is 22.0. The van der Waals surface area contributed by atoms with Crippen LogP contribution in [0.15, 0.2) is 84.9 Å². The van der Waals surface area contributed by atoms with Crippen molar-refractivity contribution in [3.63, 3.8) is 0 Å². The lowest BCUT2D eigenvalue weighted by molar-refractivity contribution is -0.131. The molecule has 4 rings (SSSR count). The van der Waals surface area contributed by atoms with E-state index in [1.165, 1.54) is 0 Å². The highest BCUT2D eigenvalue weighted by atomic mass is 16.3. The predicted molar refractivity (Wildman–Crippen MR) is 151 cm³/mol. The number of benzene rings is 3. The van der Waals surface area contributed by atoms with Crippen LogP contribution in [0.1, 0.15) is 54.3 Å². The summed E-state index contributed by atoms with van der Waals surface area (Å²) in [5.41, 5.74) is 8.96. The lowest BCUT2D eigenvalue weighted by atomic mass is 9.74. The first kappa shape index (κ1) is 27.9. The van der Waals surface area contributed by atoms with Gasteiger partial charge in [0.2, 0.25) is 11.8 Å². The average Bonchev–Trinajstić information content (AvgIpc) is 2.97. The molecule has 1 fully saturated rings. The summed E-state index contributed by atoms with van der Waals surface area (Å²) in [6.07, 6.45) is 3.59. The molecule has 0 bridgehead atoms. The van der Waals surface area contributed by atoms with Crippen LogP contribution >= 0.6 is 0 Å². The number of carbonyl (C=O) groups is 3. The molecular weight excluding hydrogens is 492 g/mol. The third-order valence-electron chi connectivity index (χ3n) is 7.27. The molecule has 0 aliphatic heterocycles. The summed E-state index contributed by atoms with van der Waals surface area (Å²) in [7, 11) is 0. The highest BCUT2D eigenvalue weighted by Gasteiger charge is 2.34. The number of amides is 4. The van der Waals surface area contributed by atoms with Crippen molar-refractivity contribution in [3.8, 4) is 0 Å². The maximum absolute atomic E-state index is 13.4. The zero-order chi connectivity index (χ0) is 27.6. The molecule has 0 heterocycles. The van der Waals surface area contributed by atoms with Crippen LogP contribution in [-0.4, -0.2) is 41.0 Å². The van der Waals surface area contributed by atoms with Gasteiger partial charge < -0.3 is 26.4 Å². The third-order valence-corrected chi connectivity index (χ3v) is 7.27. The first-order valence-electron chi connectivity index (χ1n) is 13.4. The summed E-state index contributed by atoms with van der Waals surface area (Å²) in [5, 5.41) is 15.3. The predicted octanol–water partition coefficient (Wildman–Crippen LogP) is 4.33. The van der Waals surface area contributed by atoms with Crippen molar-refractivity contribution in [3.05, 3.63) is 102 Å². The van der Waals surface area contributed by atoms with Gasteiger partial charge in [-0.25, -0.2) is 4.79 Å². The number of aliphatic hydroxyl groups excluding tert-OH is 1. The van der Waals surface area contributed by atoms with E-state index in [0.29, 0.717) is 17.8 Å². The topological polar surface area (TPSA) is 125 Å². The van der Waals surface area contributed by atoms with E-state index in [-0.39, 0.29) is 36.9 Å². The summed E-state index contributed by atoms with van der Waals surface area (Å²) in [4.78, 5) is 39.9. The van der Waals surface area contributed by atoms with Crippen LogP contribution in [0.4, 0.5) is 10.5 Å². The lowest BCUT2D eigenvalue weighted by Gasteiger charge is -2.32. The van der Waals surface area contributed by atoms with E-state index >= 15 is 0 Å². The van der Waals surface area contributed by atoms with E-state index in [1.807, 2.05) is 72.8 Å². The molecule has 4 amide bonds. The molecule has 1 aliphatic rings. The van der Waals surface area contributed by atoms with Crippen LogP contribution in [-0.2, 0) is 16.1 Å². The molecule has 8 heteroatoms. The van der Waals surface area contributed by atoms with E-state index in [0.717, 1.165) is 36.8 Å². The first-order chi connectivity index (χ1) is 19.0. The number of nitrogens with one attached hydrogen (secondary N) is 2. The summed E-state index contributed by atoms with van der Waals surface area (Å²) in [6, 6.07) is 25.0. The van der Waals surface area contributed by atoms with Gasteiger partial charge >= 0.3 is 6.03 Å². The molecule has 5 N–H and O–H groups in total. The molecule has 3 aromatic carbocycles. The van der Waals surface area contributed by atoms with Gasteiger partial charge in [-0.15, -0.1) is 0 Å².